The molecule has 0 fully saturated rings. The fourth-order valence-electron chi connectivity index (χ4n) is 8.41. The fraction of sp³-hybridized carbons (Fsp3) is 0.564. The molecule has 6 rings (SSSR count). The molecule has 3 aromatic rings. The number of hydrogen-bond acceptors (Lipinski definition) is 22. The summed E-state index contributed by atoms with van der Waals surface area (Å²) in [5, 5.41) is 24.5. The van der Waals surface area contributed by atoms with E-state index < -0.39 is 72.7 Å². The predicted molar refractivity (Wildman–Crippen MR) is 293 cm³/mol. The number of fused-ring (bicyclic) bond motifs is 5. The van der Waals surface area contributed by atoms with E-state index in [-0.39, 0.29) is 82.2 Å². The van der Waals surface area contributed by atoms with Gasteiger partial charge in [-0.05, 0) is 17.5 Å². The summed E-state index contributed by atoms with van der Waals surface area (Å²) in [6, 6.07) is 3.82. The Hall–Kier alpha value is -7.64. The summed E-state index contributed by atoms with van der Waals surface area (Å²) in [4.78, 5) is 117. The lowest BCUT2D eigenvalue weighted by atomic mass is 10.00. The van der Waals surface area contributed by atoms with Crippen molar-refractivity contribution in [2.24, 2.45) is 5.92 Å². The monoisotopic (exact) mass is 1180 g/mol. The average Bonchev–Trinajstić information content (AvgIpc) is 2.79. The molecule has 3 aliphatic rings. The Morgan fingerprint density at radius 3 is 1.74 bits per heavy atom. The Labute approximate surface area is 483 Å². The van der Waals surface area contributed by atoms with Gasteiger partial charge in [0.05, 0.1) is 148 Å². The van der Waals surface area contributed by atoms with Crippen molar-refractivity contribution in [2.45, 2.75) is 59.4 Å². The van der Waals surface area contributed by atoms with Gasteiger partial charge in [0.15, 0.2) is 11.5 Å². The first-order valence-corrected chi connectivity index (χ1v) is 27.5. The molecular weight excluding hydrogens is 1110 g/mol. The van der Waals surface area contributed by atoms with Crippen molar-refractivity contribution in [1.82, 2.24) is 41.0 Å². The smallest absolute Gasteiger partial charge is 0.302 e. The van der Waals surface area contributed by atoms with Crippen LogP contribution < -0.4 is 41.6 Å². The predicted octanol–water partition coefficient (Wildman–Crippen LogP) is -1.13. The third kappa shape index (κ3) is 20.9. The third-order valence-electron chi connectivity index (χ3n) is 12.8. The lowest BCUT2D eigenvalue weighted by Crippen LogP contribution is -2.52. The van der Waals surface area contributed by atoms with E-state index in [1.807, 2.05) is 0 Å². The Morgan fingerprint density at radius 1 is 0.631 bits per heavy atom. The first-order valence-electron chi connectivity index (χ1n) is 27.5. The maximum absolute atomic E-state index is 13.5. The van der Waals surface area contributed by atoms with Gasteiger partial charge in [0.1, 0.15) is 18.4 Å². The molecule has 0 aliphatic carbocycles. The molecule has 29 nitrogen and oxygen atoms in total. The molecule has 1 unspecified atom stereocenters. The van der Waals surface area contributed by atoms with Crippen molar-refractivity contribution < 1.29 is 95.6 Å². The molecule has 29 heteroatoms. The van der Waals surface area contributed by atoms with Crippen molar-refractivity contribution >= 4 is 58.2 Å². The van der Waals surface area contributed by atoms with Gasteiger partial charge in [-0.3, -0.25) is 48.1 Å². The molecule has 0 radical (unpaired) electrons. The highest BCUT2D eigenvalue weighted by molar-refractivity contribution is 6.13. The van der Waals surface area contributed by atoms with Gasteiger partial charge in [0, 0.05) is 74.6 Å². The van der Waals surface area contributed by atoms with Crippen LogP contribution in [0.4, 0.5) is 0 Å². The molecule has 6 N–H and O–H groups in total. The molecule has 1 atom stereocenters. The van der Waals surface area contributed by atoms with Crippen molar-refractivity contribution in [3.8, 4) is 28.6 Å². The normalized spacial score (nSPS) is 13.3. The van der Waals surface area contributed by atoms with E-state index in [0.717, 1.165) is 4.90 Å². The summed E-state index contributed by atoms with van der Waals surface area (Å²) in [5.41, 5.74) is 1.68. The average molecular weight is 1180 g/mol. The van der Waals surface area contributed by atoms with Crippen LogP contribution >= 0.6 is 0 Å². The van der Waals surface area contributed by atoms with Gasteiger partial charge in [0.2, 0.25) is 36.3 Å². The highest BCUT2D eigenvalue weighted by Gasteiger charge is 2.31. The van der Waals surface area contributed by atoms with Gasteiger partial charge in [0.25, 0.3) is 17.4 Å². The topological polar surface area (TPSA) is 357 Å². The van der Waals surface area contributed by atoms with Crippen LogP contribution in [0.1, 0.15) is 50.3 Å². The minimum Gasteiger partial charge on any atom is -0.507 e. The van der Waals surface area contributed by atoms with Crippen LogP contribution in [0.15, 0.2) is 35.1 Å². The second kappa shape index (κ2) is 34.8. The number of esters is 1. The quantitative estimate of drug-likeness (QED) is 0.0174. The van der Waals surface area contributed by atoms with Gasteiger partial charge in [-0.1, -0.05) is 13.8 Å². The Morgan fingerprint density at radius 2 is 1.17 bits per heavy atom. The molecule has 0 spiro atoms. The molecule has 0 bridgehead atoms. The number of pyridine rings is 2. The number of nitrogens with one attached hydrogen (secondary N) is 5. The van der Waals surface area contributed by atoms with Crippen LogP contribution in [0, 0.1) is 5.92 Å². The lowest BCUT2D eigenvalue weighted by molar-refractivity contribution is -0.142. The van der Waals surface area contributed by atoms with Gasteiger partial charge >= 0.3 is 5.97 Å². The summed E-state index contributed by atoms with van der Waals surface area (Å²) < 4.78 is 61.4. The molecule has 84 heavy (non-hydrogen) atoms. The molecule has 5 heterocycles. The number of hydrogen-bond donors (Lipinski definition) is 6. The van der Waals surface area contributed by atoms with Crippen molar-refractivity contribution in [1.29, 1.82) is 0 Å². The van der Waals surface area contributed by atoms with Gasteiger partial charge in [-0.25, -0.2) is 4.98 Å². The number of carbonyl (C=O) groups is 8. The van der Waals surface area contributed by atoms with Gasteiger partial charge in [-0.2, -0.15) is 0 Å². The second-order valence-corrected chi connectivity index (χ2v) is 19.2. The fourth-order valence-corrected chi connectivity index (χ4v) is 8.41. The highest BCUT2D eigenvalue weighted by atomic mass is 16.7. The number of amides is 7. The molecule has 460 valence electrons. The minimum absolute atomic E-state index is 0.00251. The van der Waals surface area contributed by atoms with Crippen LogP contribution in [0.5, 0.6) is 17.2 Å². The van der Waals surface area contributed by atoms with Crippen LogP contribution in [-0.4, -0.2) is 212 Å². The van der Waals surface area contributed by atoms with Crippen LogP contribution in [0.25, 0.3) is 22.3 Å². The van der Waals surface area contributed by atoms with E-state index in [4.69, 9.17) is 57.1 Å². The number of nitrogens with zero attached hydrogens (tertiary/aromatic N) is 3. The number of benzene rings is 1. The number of ether oxygens (including phenoxy) is 11. The summed E-state index contributed by atoms with van der Waals surface area (Å²) in [7, 11) is 0. The Bertz CT molecular complexity index is 2840. The largest absolute Gasteiger partial charge is 0.507 e. The number of carbonyl (C=O) groups excluding carboxylic acids is 8. The zero-order valence-corrected chi connectivity index (χ0v) is 47.4. The number of rotatable bonds is 41. The van der Waals surface area contributed by atoms with Crippen LogP contribution in [0.2, 0.25) is 0 Å². The summed E-state index contributed by atoms with van der Waals surface area (Å²) >= 11 is 0. The van der Waals surface area contributed by atoms with E-state index in [1.165, 1.54) is 29.7 Å². The van der Waals surface area contributed by atoms with Gasteiger partial charge in [-0.15, -0.1) is 0 Å². The summed E-state index contributed by atoms with van der Waals surface area (Å²) in [5.74, 6) is -3.77. The Kier molecular flexibility index (Phi) is 27.2. The maximum Gasteiger partial charge on any atom is 0.302 e. The Balaban J connectivity index is 0.727. The number of aromatic nitrogens is 2. The third-order valence-corrected chi connectivity index (χ3v) is 12.8. The van der Waals surface area contributed by atoms with Crippen molar-refractivity contribution in [3.05, 3.63) is 57.4 Å². The van der Waals surface area contributed by atoms with E-state index in [9.17, 15) is 48.3 Å². The number of aromatic hydroxyl groups is 1. The van der Waals surface area contributed by atoms with E-state index in [1.54, 1.807) is 26.0 Å². The SMILES string of the molecule is CC(=O)OCc1c(O)cc2n(c1=O)Cc1c-2nc2cc3c(cc2c1CNC(=O)CNC(=O)CNC(=O)C(NC(=O)CCOCCOCCOCCOCCOCCOCCOCCOCCNC(=O)CCN1C(=O)C=CC1=O)C(C)C)OCO3. The molecule has 3 aliphatic heterocycles. The molecule has 0 saturated heterocycles. The maximum atomic E-state index is 13.5. The van der Waals surface area contributed by atoms with Crippen LogP contribution in [-0.2, 0) is 101 Å². The molecular formula is C55H74N8O21. The molecule has 2 aromatic heterocycles. The zero-order chi connectivity index (χ0) is 60.2. The molecule has 1 aromatic carbocycles. The lowest BCUT2D eigenvalue weighted by Gasteiger charge is -2.21. The number of imide groups is 1. The van der Waals surface area contributed by atoms with E-state index in [2.05, 4.69) is 26.6 Å². The first kappa shape index (κ1) is 65.5. The summed E-state index contributed by atoms with van der Waals surface area (Å²) in [6.45, 7) is 9.07. The van der Waals surface area contributed by atoms with Crippen molar-refractivity contribution in [2.75, 3.05) is 139 Å². The zero-order valence-electron chi connectivity index (χ0n) is 47.4. The first-order chi connectivity index (χ1) is 40.6. The minimum atomic E-state index is -0.953. The van der Waals surface area contributed by atoms with Crippen molar-refractivity contribution in [3.63, 3.8) is 0 Å². The van der Waals surface area contributed by atoms with E-state index >= 15 is 0 Å². The molecule has 0 saturated carbocycles. The summed E-state index contributed by atoms with van der Waals surface area (Å²) in [6.07, 6.45) is 2.36. The second-order valence-electron chi connectivity index (χ2n) is 19.2. The molecule has 7 amide bonds. The van der Waals surface area contributed by atoms with Gasteiger partial charge < -0.3 is 88.4 Å². The highest BCUT2D eigenvalue weighted by Crippen LogP contribution is 2.42. The van der Waals surface area contributed by atoms with Crippen LogP contribution in [0.3, 0.4) is 0 Å². The standard InChI is InChI=1S/C55H74N8O21/c1-35(2)52(61-47(67)7-10-74-12-14-76-16-18-78-20-22-80-24-25-81-23-21-79-19-17-77-15-13-75-11-8-56-46(66)6-9-62-50(70)4-5-51(62)71)54(72)59-31-49(69)58-30-48(68)57-29-38-37-26-44-45(84-34-83-44)27-41(37)60-53-39(38)32-63-42(53)28-43(65)40(55(63)73)33-82-36(3)64/h4-5,26-28,35,52,65H,6-25,29-34H2,1-3H3,(H,56,66)(H,57,68)(H,58,69)(H,59,72)(H,61,67). The van der Waals surface area contributed by atoms with E-state index in [0.29, 0.717) is 137 Å².